The number of aromatic amines is 1. The summed E-state index contributed by atoms with van der Waals surface area (Å²) in [7, 11) is 3.49. The summed E-state index contributed by atoms with van der Waals surface area (Å²) in [4.78, 5) is 17.1. The van der Waals surface area contributed by atoms with E-state index in [1.54, 1.807) is 12.0 Å². The number of H-pyrrole nitrogens is 1. The zero-order chi connectivity index (χ0) is 16.9. The molecule has 24 heavy (non-hydrogen) atoms. The number of ether oxygens (including phenoxy) is 2. The van der Waals surface area contributed by atoms with Gasteiger partial charge in [-0.15, -0.1) is 0 Å². The smallest absolute Gasteiger partial charge is 0.317 e. The first kappa shape index (κ1) is 16.6. The fraction of sp³-hybridized carbons (Fsp3) is 0.500. The van der Waals surface area contributed by atoms with E-state index in [-0.39, 0.29) is 12.1 Å². The lowest BCUT2D eigenvalue weighted by molar-refractivity contribution is 0.0875. The highest BCUT2D eigenvalue weighted by molar-refractivity contribution is 5.89. The summed E-state index contributed by atoms with van der Waals surface area (Å²) < 4.78 is 11.0. The number of nitrogens with one attached hydrogen (secondary N) is 2. The number of fused-ring (bicyclic) bond motifs is 1. The molecule has 2 heterocycles. The molecule has 1 aromatic heterocycles. The lowest BCUT2D eigenvalue weighted by Crippen LogP contribution is -2.41. The number of amides is 2. The number of hydrogen-bond donors (Lipinski definition) is 2. The number of rotatable bonds is 6. The van der Waals surface area contributed by atoms with E-state index in [0.717, 1.165) is 48.1 Å². The molecule has 6 heteroatoms. The van der Waals surface area contributed by atoms with Crippen molar-refractivity contribution in [3.8, 4) is 5.75 Å². The van der Waals surface area contributed by atoms with Gasteiger partial charge in [-0.2, -0.15) is 0 Å². The number of carbonyl (C=O) groups is 1. The first-order valence-corrected chi connectivity index (χ1v) is 8.42. The standard InChI is InChI=1S/C18H25N3O3/c1-21(12-14-5-4-10-24-14)18(22)19-9-8-13-11-20-15-6-3-7-16(23-2)17(13)15/h3,6-7,11,14,20H,4-5,8-10,12H2,1-2H3,(H,19,22). The van der Waals surface area contributed by atoms with Crippen LogP contribution in [0.2, 0.25) is 0 Å². The van der Waals surface area contributed by atoms with Gasteiger partial charge < -0.3 is 24.7 Å². The number of carbonyl (C=O) groups excluding carboxylic acids is 1. The van der Waals surface area contributed by atoms with Crippen LogP contribution in [-0.4, -0.2) is 55.9 Å². The van der Waals surface area contributed by atoms with Crippen molar-refractivity contribution < 1.29 is 14.3 Å². The van der Waals surface area contributed by atoms with Crippen molar-refractivity contribution >= 4 is 16.9 Å². The molecule has 6 nitrogen and oxygen atoms in total. The van der Waals surface area contributed by atoms with Gasteiger partial charge >= 0.3 is 6.03 Å². The molecule has 1 fully saturated rings. The largest absolute Gasteiger partial charge is 0.496 e. The minimum absolute atomic E-state index is 0.0580. The summed E-state index contributed by atoms with van der Waals surface area (Å²) in [5, 5.41) is 4.06. The molecule has 0 spiro atoms. The van der Waals surface area contributed by atoms with E-state index in [4.69, 9.17) is 9.47 Å². The van der Waals surface area contributed by atoms with Crippen LogP contribution in [0.5, 0.6) is 5.75 Å². The third-order valence-electron chi connectivity index (χ3n) is 4.49. The van der Waals surface area contributed by atoms with Crippen LogP contribution in [0, 0.1) is 0 Å². The highest BCUT2D eigenvalue weighted by Crippen LogP contribution is 2.28. The molecule has 0 saturated carbocycles. The van der Waals surface area contributed by atoms with Crippen molar-refractivity contribution in [2.75, 3.05) is 33.9 Å². The molecular weight excluding hydrogens is 306 g/mol. The second kappa shape index (κ2) is 7.57. The monoisotopic (exact) mass is 331 g/mol. The Morgan fingerprint density at radius 2 is 2.38 bits per heavy atom. The summed E-state index contributed by atoms with van der Waals surface area (Å²) in [5.74, 6) is 0.852. The molecule has 3 rings (SSSR count). The second-order valence-corrected chi connectivity index (χ2v) is 6.19. The van der Waals surface area contributed by atoms with Crippen LogP contribution in [0.4, 0.5) is 4.79 Å². The van der Waals surface area contributed by atoms with E-state index < -0.39 is 0 Å². The average Bonchev–Trinajstić information content (AvgIpc) is 3.24. The number of benzene rings is 1. The van der Waals surface area contributed by atoms with Crippen LogP contribution in [0.3, 0.4) is 0 Å². The molecule has 1 aliphatic heterocycles. The second-order valence-electron chi connectivity index (χ2n) is 6.19. The Kier molecular flexibility index (Phi) is 5.25. The SMILES string of the molecule is COc1cccc2[nH]cc(CCNC(=O)N(C)CC3CCCO3)c12. The van der Waals surface area contributed by atoms with Crippen LogP contribution in [0.25, 0.3) is 10.9 Å². The van der Waals surface area contributed by atoms with Gasteiger partial charge in [0.25, 0.3) is 0 Å². The van der Waals surface area contributed by atoms with Crippen molar-refractivity contribution in [1.29, 1.82) is 0 Å². The van der Waals surface area contributed by atoms with E-state index in [1.807, 2.05) is 31.4 Å². The molecule has 2 amide bonds. The molecule has 1 aliphatic rings. The molecule has 1 unspecified atom stereocenters. The Morgan fingerprint density at radius 3 is 3.12 bits per heavy atom. The van der Waals surface area contributed by atoms with Gasteiger partial charge in [-0.05, 0) is 37.0 Å². The Balaban J connectivity index is 1.53. The van der Waals surface area contributed by atoms with Gasteiger partial charge in [0.05, 0.1) is 13.2 Å². The summed E-state index contributed by atoms with van der Waals surface area (Å²) in [6, 6.07) is 5.88. The van der Waals surface area contributed by atoms with Crippen LogP contribution in [0.1, 0.15) is 18.4 Å². The highest BCUT2D eigenvalue weighted by Gasteiger charge is 2.19. The third-order valence-corrected chi connectivity index (χ3v) is 4.49. The minimum atomic E-state index is -0.0580. The summed E-state index contributed by atoms with van der Waals surface area (Å²) >= 11 is 0. The summed E-state index contributed by atoms with van der Waals surface area (Å²) in [6.45, 7) is 2.04. The lowest BCUT2D eigenvalue weighted by Gasteiger charge is -2.21. The first-order chi connectivity index (χ1) is 11.7. The maximum absolute atomic E-state index is 12.2. The van der Waals surface area contributed by atoms with Gasteiger partial charge in [0, 0.05) is 43.8 Å². The van der Waals surface area contributed by atoms with Gasteiger partial charge in [-0.3, -0.25) is 0 Å². The summed E-state index contributed by atoms with van der Waals surface area (Å²) in [5.41, 5.74) is 2.19. The van der Waals surface area contributed by atoms with Crippen molar-refractivity contribution in [3.05, 3.63) is 30.0 Å². The maximum atomic E-state index is 12.2. The van der Waals surface area contributed by atoms with Crippen molar-refractivity contribution in [3.63, 3.8) is 0 Å². The third kappa shape index (κ3) is 3.64. The number of urea groups is 1. The number of aromatic nitrogens is 1. The number of likely N-dealkylation sites (N-methyl/N-ethyl adjacent to an activating group) is 1. The molecule has 2 N–H and O–H groups in total. The van der Waals surface area contributed by atoms with E-state index in [2.05, 4.69) is 10.3 Å². The molecule has 0 radical (unpaired) electrons. The van der Waals surface area contributed by atoms with E-state index in [1.165, 1.54) is 0 Å². The quantitative estimate of drug-likeness (QED) is 0.855. The van der Waals surface area contributed by atoms with E-state index >= 15 is 0 Å². The minimum Gasteiger partial charge on any atom is -0.496 e. The Hall–Kier alpha value is -2.21. The molecule has 1 saturated heterocycles. The van der Waals surface area contributed by atoms with E-state index in [9.17, 15) is 4.79 Å². The Morgan fingerprint density at radius 1 is 1.50 bits per heavy atom. The first-order valence-electron chi connectivity index (χ1n) is 8.42. The molecule has 1 atom stereocenters. The van der Waals surface area contributed by atoms with Gasteiger partial charge in [-0.25, -0.2) is 4.79 Å². The van der Waals surface area contributed by atoms with Crippen LogP contribution < -0.4 is 10.1 Å². The number of nitrogens with zero attached hydrogens (tertiary/aromatic N) is 1. The number of methoxy groups -OCH3 is 1. The zero-order valence-electron chi connectivity index (χ0n) is 14.3. The Bertz CT molecular complexity index is 692. The molecule has 2 aromatic rings. The fourth-order valence-corrected chi connectivity index (χ4v) is 3.20. The Labute approximate surface area is 142 Å². The molecular formula is C18H25N3O3. The van der Waals surface area contributed by atoms with Gasteiger partial charge in [0.1, 0.15) is 5.75 Å². The van der Waals surface area contributed by atoms with Crippen molar-refractivity contribution in [2.45, 2.75) is 25.4 Å². The molecule has 0 aliphatic carbocycles. The fourth-order valence-electron chi connectivity index (χ4n) is 3.20. The summed E-state index contributed by atoms with van der Waals surface area (Å²) in [6.07, 6.45) is 5.03. The molecule has 0 bridgehead atoms. The predicted molar refractivity (Wildman–Crippen MR) is 93.6 cm³/mol. The van der Waals surface area contributed by atoms with E-state index in [0.29, 0.717) is 13.1 Å². The highest BCUT2D eigenvalue weighted by atomic mass is 16.5. The van der Waals surface area contributed by atoms with Crippen molar-refractivity contribution in [1.82, 2.24) is 15.2 Å². The molecule has 130 valence electrons. The van der Waals surface area contributed by atoms with Crippen LogP contribution in [-0.2, 0) is 11.2 Å². The predicted octanol–water partition coefficient (Wildman–Crippen LogP) is 2.54. The van der Waals surface area contributed by atoms with Gasteiger partial charge in [0.2, 0.25) is 0 Å². The lowest BCUT2D eigenvalue weighted by atomic mass is 10.1. The molecule has 1 aromatic carbocycles. The zero-order valence-corrected chi connectivity index (χ0v) is 14.3. The topological polar surface area (TPSA) is 66.6 Å². The van der Waals surface area contributed by atoms with Gasteiger partial charge in [0.15, 0.2) is 0 Å². The van der Waals surface area contributed by atoms with Crippen LogP contribution in [0.15, 0.2) is 24.4 Å². The normalized spacial score (nSPS) is 17.2. The van der Waals surface area contributed by atoms with Gasteiger partial charge in [-0.1, -0.05) is 6.07 Å². The van der Waals surface area contributed by atoms with Crippen LogP contribution >= 0.6 is 0 Å². The average molecular weight is 331 g/mol. The van der Waals surface area contributed by atoms with Crippen molar-refractivity contribution in [2.24, 2.45) is 0 Å². The number of hydrogen-bond acceptors (Lipinski definition) is 3. The maximum Gasteiger partial charge on any atom is 0.317 e.